The largest absolute Gasteiger partial charge is 0.504 e. The van der Waals surface area contributed by atoms with Crippen molar-refractivity contribution < 1.29 is 20.1 Å². The summed E-state index contributed by atoms with van der Waals surface area (Å²) in [6.07, 6.45) is 4.20. The standard InChI is InChI=1S/C20H25NO4/c22-15-5-3-12-9-14-13-4-6-16(23)19(25)20(13,17(12)18(15)24)7-8-21(14)10-11-1-2-11/h3,5,11,13-14,19,22,24-25H,1-2,4,6-10H2/t13?,14?,19?,20-/m1/s1. The lowest BCUT2D eigenvalue weighted by Crippen LogP contribution is -2.67. The predicted molar refractivity (Wildman–Crippen MR) is 91.6 cm³/mol. The van der Waals surface area contributed by atoms with Crippen molar-refractivity contribution in [2.75, 3.05) is 13.1 Å². The maximum atomic E-state index is 12.4. The summed E-state index contributed by atoms with van der Waals surface area (Å²) >= 11 is 0. The number of Topliss-reactive ketones (excluding diaryl/α,β-unsaturated/α-hetero) is 1. The number of hydrogen-bond donors (Lipinski definition) is 3. The Morgan fingerprint density at radius 3 is 2.76 bits per heavy atom. The van der Waals surface area contributed by atoms with Crippen LogP contribution in [0.3, 0.4) is 0 Å². The number of aliphatic hydroxyl groups is 1. The molecule has 25 heavy (non-hydrogen) atoms. The van der Waals surface area contributed by atoms with E-state index in [1.165, 1.54) is 18.9 Å². The van der Waals surface area contributed by atoms with Crippen LogP contribution >= 0.6 is 0 Å². The quantitative estimate of drug-likeness (QED) is 0.713. The molecule has 0 aromatic heterocycles. The number of hydrogen-bond acceptors (Lipinski definition) is 5. The number of carbonyl (C=O) groups excluding carboxylic acids is 1. The Kier molecular flexibility index (Phi) is 3.26. The van der Waals surface area contributed by atoms with Gasteiger partial charge in [-0.25, -0.2) is 0 Å². The number of carbonyl (C=O) groups is 1. The Hall–Kier alpha value is -1.59. The lowest BCUT2D eigenvalue weighted by Gasteiger charge is -2.60. The maximum Gasteiger partial charge on any atom is 0.162 e. The van der Waals surface area contributed by atoms with E-state index in [1.807, 2.05) is 6.07 Å². The van der Waals surface area contributed by atoms with E-state index in [2.05, 4.69) is 4.90 Å². The summed E-state index contributed by atoms with van der Waals surface area (Å²) in [5.74, 6) is 0.549. The van der Waals surface area contributed by atoms with E-state index in [4.69, 9.17) is 0 Å². The van der Waals surface area contributed by atoms with Gasteiger partial charge in [0.1, 0.15) is 6.10 Å². The zero-order chi connectivity index (χ0) is 17.3. The third kappa shape index (κ3) is 2.05. The molecule has 2 saturated carbocycles. The lowest BCUT2D eigenvalue weighted by atomic mass is 9.50. The second-order valence-corrected chi connectivity index (χ2v) is 8.48. The summed E-state index contributed by atoms with van der Waals surface area (Å²) in [6, 6.07) is 3.71. The van der Waals surface area contributed by atoms with E-state index in [0.717, 1.165) is 37.4 Å². The average Bonchev–Trinajstić information content (AvgIpc) is 3.41. The van der Waals surface area contributed by atoms with Gasteiger partial charge in [-0.2, -0.15) is 0 Å². The molecule has 1 aromatic carbocycles. The topological polar surface area (TPSA) is 81.0 Å². The number of rotatable bonds is 2. The molecule has 4 atom stereocenters. The number of piperidine rings is 1. The van der Waals surface area contributed by atoms with Gasteiger partial charge in [-0.1, -0.05) is 6.07 Å². The summed E-state index contributed by atoms with van der Waals surface area (Å²) < 4.78 is 0. The molecule has 3 fully saturated rings. The van der Waals surface area contributed by atoms with Crippen LogP contribution < -0.4 is 0 Å². The second kappa shape index (κ2) is 5.21. The lowest BCUT2D eigenvalue weighted by molar-refractivity contribution is -0.146. The summed E-state index contributed by atoms with van der Waals surface area (Å²) in [5, 5.41) is 31.6. The van der Waals surface area contributed by atoms with Gasteiger partial charge in [-0.05, 0) is 62.1 Å². The van der Waals surface area contributed by atoms with Crippen LogP contribution in [-0.4, -0.2) is 51.2 Å². The molecule has 5 heteroatoms. The fourth-order valence-corrected chi connectivity index (χ4v) is 5.90. The molecule has 5 nitrogen and oxygen atoms in total. The SMILES string of the molecule is O=C1CCC2C3Cc4ccc(O)c(O)c4[C@]2(CCN3CC2CC2)C1O. The number of benzene rings is 1. The first kappa shape index (κ1) is 15.6. The highest BCUT2D eigenvalue weighted by molar-refractivity contribution is 5.86. The van der Waals surface area contributed by atoms with E-state index in [0.29, 0.717) is 24.4 Å². The Bertz CT molecular complexity index is 743. The minimum Gasteiger partial charge on any atom is -0.504 e. The monoisotopic (exact) mass is 343 g/mol. The van der Waals surface area contributed by atoms with Gasteiger partial charge < -0.3 is 15.3 Å². The maximum absolute atomic E-state index is 12.4. The summed E-state index contributed by atoms with van der Waals surface area (Å²) in [5.41, 5.74) is 0.877. The minimum atomic E-state index is -1.08. The van der Waals surface area contributed by atoms with Crippen molar-refractivity contribution >= 4 is 5.78 Å². The molecule has 0 amide bonds. The van der Waals surface area contributed by atoms with Gasteiger partial charge in [0.2, 0.25) is 0 Å². The second-order valence-electron chi connectivity index (χ2n) is 8.48. The summed E-state index contributed by atoms with van der Waals surface area (Å²) in [7, 11) is 0. The molecule has 2 bridgehead atoms. The molecule has 3 N–H and O–H groups in total. The van der Waals surface area contributed by atoms with E-state index >= 15 is 0 Å². The molecule has 3 aliphatic carbocycles. The summed E-state index contributed by atoms with van der Waals surface area (Å²) in [4.78, 5) is 15.0. The van der Waals surface area contributed by atoms with Crippen molar-refractivity contribution in [3.05, 3.63) is 23.3 Å². The van der Waals surface area contributed by atoms with Crippen LogP contribution in [0.25, 0.3) is 0 Å². The van der Waals surface area contributed by atoms with Crippen LogP contribution in [0.1, 0.15) is 43.2 Å². The van der Waals surface area contributed by atoms with Gasteiger partial charge in [-0.3, -0.25) is 9.69 Å². The molecule has 1 heterocycles. The van der Waals surface area contributed by atoms with Crippen molar-refractivity contribution in [3.63, 3.8) is 0 Å². The highest BCUT2D eigenvalue weighted by atomic mass is 16.3. The smallest absolute Gasteiger partial charge is 0.162 e. The van der Waals surface area contributed by atoms with Gasteiger partial charge in [0.15, 0.2) is 17.3 Å². The van der Waals surface area contributed by atoms with Crippen molar-refractivity contribution in [3.8, 4) is 11.5 Å². The number of aliphatic hydroxyl groups excluding tert-OH is 1. The van der Waals surface area contributed by atoms with Crippen LogP contribution in [0.4, 0.5) is 0 Å². The molecule has 3 unspecified atom stereocenters. The zero-order valence-corrected chi connectivity index (χ0v) is 14.3. The normalized spacial score (nSPS) is 37.5. The van der Waals surface area contributed by atoms with Crippen molar-refractivity contribution in [2.24, 2.45) is 11.8 Å². The van der Waals surface area contributed by atoms with Gasteiger partial charge in [0, 0.05) is 30.0 Å². The molecule has 0 radical (unpaired) electrons. The third-order valence-electron chi connectivity index (χ3n) is 7.23. The molecule has 1 aromatic rings. The Morgan fingerprint density at radius 1 is 1.20 bits per heavy atom. The van der Waals surface area contributed by atoms with Gasteiger partial charge in [0.05, 0.1) is 0 Å². The van der Waals surface area contributed by atoms with Gasteiger partial charge in [-0.15, -0.1) is 0 Å². The van der Waals surface area contributed by atoms with Crippen LogP contribution in [0.5, 0.6) is 11.5 Å². The van der Waals surface area contributed by atoms with Gasteiger partial charge in [0.25, 0.3) is 0 Å². The molecule has 5 rings (SSSR count). The van der Waals surface area contributed by atoms with Gasteiger partial charge >= 0.3 is 0 Å². The molecule has 1 saturated heterocycles. The number of aromatic hydroxyl groups is 2. The van der Waals surface area contributed by atoms with Crippen molar-refractivity contribution in [2.45, 2.75) is 56.1 Å². The van der Waals surface area contributed by atoms with Crippen LogP contribution in [0, 0.1) is 11.8 Å². The fourth-order valence-electron chi connectivity index (χ4n) is 5.90. The first-order valence-corrected chi connectivity index (χ1v) is 9.51. The van der Waals surface area contributed by atoms with Crippen LogP contribution in [-0.2, 0) is 16.6 Å². The first-order chi connectivity index (χ1) is 12.0. The van der Waals surface area contributed by atoms with Crippen molar-refractivity contribution in [1.29, 1.82) is 0 Å². The van der Waals surface area contributed by atoms with E-state index < -0.39 is 11.5 Å². The van der Waals surface area contributed by atoms with Crippen LogP contribution in [0.15, 0.2) is 12.1 Å². The number of phenols is 2. The molecular formula is C20H25NO4. The highest BCUT2D eigenvalue weighted by Crippen LogP contribution is 2.58. The minimum absolute atomic E-state index is 0.124. The number of phenolic OH excluding ortho intramolecular Hbond substituents is 2. The van der Waals surface area contributed by atoms with Crippen molar-refractivity contribution in [1.82, 2.24) is 4.90 Å². The molecule has 134 valence electrons. The number of likely N-dealkylation sites (tertiary alicyclic amines) is 1. The zero-order valence-electron chi connectivity index (χ0n) is 14.3. The van der Waals surface area contributed by atoms with E-state index in [9.17, 15) is 20.1 Å². The van der Waals surface area contributed by atoms with Crippen LogP contribution in [0.2, 0.25) is 0 Å². The Morgan fingerprint density at radius 2 is 2.00 bits per heavy atom. The number of ketones is 1. The highest BCUT2D eigenvalue weighted by Gasteiger charge is 2.61. The molecule has 4 aliphatic rings. The molecular weight excluding hydrogens is 318 g/mol. The third-order valence-corrected chi connectivity index (χ3v) is 7.23. The Labute approximate surface area is 147 Å². The van der Waals surface area contributed by atoms with E-state index in [1.54, 1.807) is 0 Å². The number of nitrogens with zero attached hydrogens (tertiary/aromatic N) is 1. The Balaban J connectivity index is 1.67. The first-order valence-electron chi connectivity index (χ1n) is 9.51. The fraction of sp³-hybridized carbons (Fsp3) is 0.650. The van der Waals surface area contributed by atoms with E-state index in [-0.39, 0.29) is 23.2 Å². The predicted octanol–water partition coefficient (Wildman–Crippen LogP) is 1.72. The number of fused-ring (bicyclic) bond motifs is 1. The average molecular weight is 343 g/mol. The molecule has 1 aliphatic heterocycles. The summed E-state index contributed by atoms with van der Waals surface area (Å²) in [6.45, 7) is 1.96. The molecule has 0 spiro atoms.